The summed E-state index contributed by atoms with van der Waals surface area (Å²) in [4.78, 5) is 12.4. The van der Waals surface area contributed by atoms with Gasteiger partial charge in [-0.1, -0.05) is 12.1 Å². The Balaban J connectivity index is 0.00000192. The third kappa shape index (κ3) is 3.93. The molecule has 1 aromatic carbocycles. The predicted octanol–water partition coefficient (Wildman–Crippen LogP) is 2.39. The molecule has 1 amide bonds. The molecular weight excluding hydrogens is 316 g/mol. The van der Waals surface area contributed by atoms with Crippen molar-refractivity contribution in [2.45, 2.75) is 19.1 Å². The fraction of sp³-hybridized carbons (Fsp3) is 0.353. The van der Waals surface area contributed by atoms with Gasteiger partial charge < -0.3 is 19.8 Å². The minimum absolute atomic E-state index is 0. The standard InChI is InChI=1S/C17H20N2O3.ClH/c1-11-6-7-15(22-11)12-4-3-5-13(8-12)17(20)19-14-9-18-10-16(14)21-2;/h3-8,14,16,18H,9-10H2,1-2H3,(H,19,20);1H/t14-,16-;/m0./s1. The molecule has 2 atom stereocenters. The molecule has 0 saturated carbocycles. The van der Waals surface area contributed by atoms with Crippen LogP contribution in [-0.2, 0) is 4.74 Å². The molecular formula is C17H21ClN2O3. The normalized spacial score (nSPS) is 20.1. The van der Waals surface area contributed by atoms with E-state index >= 15 is 0 Å². The third-order valence-electron chi connectivity index (χ3n) is 3.93. The van der Waals surface area contributed by atoms with E-state index in [0.29, 0.717) is 5.56 Å². The first-order chi connectivity index (χ1) is 10.7. The minimum atomic E-state index is -0.0964. The van der Waals surface area contributed by atoms with Gasteiger partial charge in [0.1, 0.15) is 11.5 Å². The Bertz CT molecular complexity index is 671. The largest absolute Gasteiger partial charge is 0.461 e. The molecule has 23 heavy (non-hydrogen) atoms. The van der Waals surface area contributed by atoms with E-state index in [2.05, 4.69) is 10.6 Å². The Morgan fingerprint density at radius 1 is 1.30 bits per heavy atom. The van der Waals surface area contributed by atoms with Gasteiger partial charge in [0.2, 0.25) is 0 Å². The molecule has 2 heterocycles. The van der Waals surface area contributed by atoms with Gasteiger partial charge in [-0.3, -0.25) is 4.79 Å². The fourth-order valence-electron chi connectivity index (χ4n) is 2.70. The van der Waals surface area contributed by atoms with Crippen LogP contribution in [0.15, 0.2) is 40.8 Å². The number of halogens is 1. The molecule has 0 spiro atoms. The molecule has 0 aliphatic carbocycles. The Morgan fingerprint density at radius 3 is 2.83 bits per heavy atom. The smallest absolute Gasteiger partial charge is 0.251 e. The van der Waals surface area contributed by atoms with Gasteiger partial charge in [-0.15, -0.1) is 12.4 Å². The maximum atomic E-state index is 12.4. The maximum absolute atomic E-state index is 12.4. The van der Waals surface area contributed by atoms with Crippen LogP contribution in [-0.4, -0.2) is 38.3 Å². The average Bonchev–Trinajstić information content (AvgIpc) is 3.16. The lowest BCUT2D eigenvalue weighted by atomic mass is 10.1. The Morgan fingerprint density at radius 2 is 2.13 bits per heavy atom. The number of methoxy groups -OCH3 is 1. The number of aryl methyl sites for hydroxylation is 1. The highest BCUT2D eigenvalue weighted by Gasteiger charge is 2.28. The molecule has 5 nitrogen and oxygen atoms in total. The molecule has 1 saturated heterocycles. The van der Waals surface area contributed by atoms with Crippen LogP contribution in [0.4, 0.5) is 0 Å². The lowest BCUT2D eigenvalue weighted by Gasteiger charge is -2.18. The molecule has 1 aliphatic heterocycles. The number of ether oxygens (including phenoxy) is 1. The van der Waals surface area contributed by atoms with E-state index in [4.69, 9.17) is 9.15 Å². The number of hydrogen-bond acceptors (Lipinski definition) is 4. The number of furan rings is 1. The van der Waals surface area contributed by atoms with Gasteiger partial charge in [-0.25, -0.2) is 0 Å². The van der Waals surface area contributed by atoms with Gasteiger partial charge in [0.15, 0.2) is 0 Å². The molecule has 1 fully saturated rings. The van der Waals surface area contributed by atoms with Crippen molar-refractivity contribution in [2.24, 2.45) is 0 Å². The molecule has 124 valence electrons. The van der Waals surface area contributed by atoms with Crippen LogP contribution in [0.2, 0.25) is 0 Å². The van der Waals surface area contributed by atoms with Crippen molar-refractivity contribution in [3.63, 3.8) is 0 Å². The summed E-state index contributed by atoms with van der Waals surface area (Å²) in [6.07, 6.45) is 0.0138. The molecule has 0 unspecified atom stereocenters. The van der Waals surface area contributed by atoms with E-state index < -0.39 is 0 Å². The Kier molecular flexibility index (Phi) is 5.82. The average molecular weight is 337 g/mol. The van der Waals surface area contributed by atoms with Crippen LogP contribution in [0.25, 0.3) is 11.3 Å². The van der Waals surface area contributed by atoms with E-state index in [1.807, 2.05) is 37.3 Å². The summed E-state index contributed by atoms with van der Waals surface area (Å²) in [7, 11) is 1.66. The predicted molar refractivity (Wildman–Crippen MR) is 91.0 cm³/mol. The first kappa shape index (κ1) is 17.5. The van der Waals surface area contributed by atoms with E-state index in [9.17, 15) is 4.79 Å². The Hall–Kier alpha value is -1.82. The molecule has 0 radical (unpaired) electrons. The monoisotopic (exact) mass is 336 g/mol. The summed E-state index contributed by atoms with van der Waals surface area (Å²) in [6, 6.07) is 11.3. The van der Waals surface area contributed by atoms with Crippen LogP contribution in [0.5, 0.6) is 0 Å². The second kappa shape index (κ2) is 7.64. The van der Waals surface area contributed by atoms with Crippen LogP contribution < -0.4 is 10.6 Å². The third-order valence-corrected chi connectivity index (χ3v) is 3.93. The van der Waals surface area contributed by atoms with Gasteiger partial charge in [0.05, 0.1) is 12.1 Å². The number of benzene rings is 1. The summed E-state index contributed by atoms with van der Waals surface area (Å²) < 4.78 is 11.0. The second-order valence-electron chi connectivity index (χ2n) is 5.50. The molecule has 2 aromatic rings. The highest BCUT2D eigenvalue weighted by Crippen LogP contribution is 2.22. The van der Waals surface area contributed by atoms with Crippen molar-refractivity contribution >= 4 is 18.3 Å². The topological polar surface area (TPSA) is 63.5 Å². The quantitative estimate of drug-likeness (QED) is 0.900. The second-order valence-corrected chi connectivity index (χ2v) is 5.50. The molecule has 1 aliphatic rings. The fourth-order valence-corrected chi connectivity index (χ4v) is 2.70. The van der Waals surface area contributed by atoms with Crippen molar-refractivity contribution < 1.29 is 13.9 Å². The molecule has 3 rings (SSSR count). The summed E-state index contributed by atoms with van der Waals surface area (Å²) in [5, 5.41) is 6.24. The number of amides is 1. The van der Waals surface area contributed by atoms with Gasteiger partial charge in [-0.05, 0) is 31.2 Å². The first-order valence-corrected chi connectivity index (χ1v) is 7.38. The van der Waals surface area contributed by atoms with Gasteiger partial charge in [0.25, 0.3) is 5.91 Å². The highest BCUT2D eigenvalue weighted by molar-refractivity contribution is 5.95. The van der Waals surface area contributed by atoms with Crippen molar-refractivity contribution in [1.82, 2.24) is 10.6 Å². The molecule has 6 heteroatoms. The van der Waals surface area contributed by atoms with Crippen molar-refractivity contribution in [3.8, 4) is 11.3 Å². The zero-order valence-electron chi connectivity index (χ0n) is 13.2. The first-order valence-electron chi connectivity index (χ1n) is 7.38. The number of hydrogen-bond donors (Lipinski definition) is 2. The summed E-state index contributed by atoms with van der Waals surface area (Å²) in [6.45, 7) is 3.38. The summed E-state index contributed by atoms with van der Waals surface area (Å²) >= 11 is 0. The number of rotatable bonds is 4. The summed E-state index contributed by atoms with van der Waals surface area (Å²) in [5.74, 6) is 1.52. The van der Waals surface area contributed by atoms with Gasteiger partial charge in [0, 0.05) is 31.3 Å². The zero-order chi connectivity index (χ0) is 15.5. The maximum Gasteiger partial charge on any atom is 0.251 e. The van der Waals surface area contributed by atoms with E-state index in [-0.39, 0.29) is 30.5 Å². The number of carbonyl (C=O) groups excluding carboxylic acids is 1. The lowest BCUT2D eigenvalue weighted by Crippen LogP contribution is -2.43. The zero-order valence-corrected chi connectivity index (χ0v) is 14.0. The van der Waals surface area contributed by atoms with Gasteiger partial charge in [-0.2, -0.15) is 0 Å². The van der Waals surface area contributed by atoms with Crippen LogP contribution in [0.1, 0.15) is 16.1 Å². The van der Waals surface area contributed by atoms with E-state index in [1.165, 1.54) is 0 Å². The van der Waals surface area contributed by atoms with E-state index in [1.54, 1.807) is 13.2 Å². The highest BCUT2D eigenvalue weighted by atomic mass is 35.5. The van der Waals surface area contributed by atoms with Crippen molar-refractivity contribution in [1.29, 1.82) is 0 Å². The molecule has 1 aromatic heterocycles. The molecule has 0 bridgehead atoms. The SMILES string of the molecule is CO[C@H]1CNC[C@@H]1NC(=O)c1cccc(-c2ccc(C)o2)c1.Cl. The summed E-state index contributed by atoms with van der Waals surface area (Å²) in [5.41, 5.74) is 1.52. The number of carbonyl (C=O) groups is 1. The van der Waals surface area contributed by atoms with Crippen molar-refractivity contribution in [2.75, 3.05) is 20.2 Å². The Labute approximate surface area is 141 Å². The minimum Gasteiger partial charge on any atom is -0.461 e. The van der Waals surface area contributed by atoms with Crippen LogP contribution >= 0.6 is 12.4 Å². The number of nitrogens with one attached hydrogen (secondary N) is 2. The van der Waals surface area contributed by atoms with Crippen LogP contribution in [0, 0.1) is 6.92 Å². The van der Waals surface area contributed by atoms with Crippen LogP contribution in [0.3, 0.4) is 0 Å². The molecule has 2 N–H and O–H groups in total. The van der Waals surface area contributed by atoms with Gasteiger partial charge >= 0.3 is 0 Å². The van der Waals surface area contributed by atoms with E-state index in [0.717, 1.165) is 30.2 Å². The lowest BCUT2D eigenvalue weighted by molar-refractivity contribution is 0.0780. The van der Waals surface area contributed by atoms with Crippen molar-refractivity contribution in [3.05, 3.63) is 47.7 Å².